The average Bonchev–Trinajstić information content (AvgIpc) is 2.95. The largest absolute Gasteiger partial charge is 0.390 e. The first-order valence-corrected chi connectivity index (χ1v) is 7.42. The molecule has 2 aromatic rings. The van der Waals surface area contributed by atoms with Crippen LogP contribution in [0.2, 0.25) is 0 Å². The second-order valence-corrected chi connectivity index (χ2v) is 5.73. The number of ether oxygens (including phenoxy) is 1. The Hall–Kier alpha value is -1.72. The predicted molar refractivity (Wildman–Crippen MR) is 79.0 cm³/mol. The summed E-state index contributed by atoms with van der Waals surface area (Å²) in [6.07, 6.45) is 1.98. The topological polar surface area (TPSA) is 60.2 Å². The number of aromatic nitrogens is 3. The minimum absolute atomic E-state index is 0.231. The summed E-state index contributed by atoms with van der Waals surface area (Å²) in [5.74, 6) is 0.796. The molecule has 21 heavy (non-hydrogen) atoms. The Morgan fingerprint density at radius 1 is 1.38 bits per heavy atom. The van der Waals surface area contributed by atoms with Gasteiger partial charge >= 0.3 is 0 Å². The Labute approximate surface area is 124 Å². The van der Waals surface area contributed by atoms with Crippen molar-refractivity contribution in [3.63, 3.8) is 0 Å². The molecular formula is C16H21N3O2. The van der Waals surface area contributed by atoms with Crippen molar-refractivity contribution in [3.8, 4) is 0 Å². The van der Waals surface area contributed by atoms with E-state index in [1.54, 1.807) is 0 Å². The summed E-state index contributed by atoms with van der Waals surface area (Å²) in [5.41, 5.74) is 2.35. The van der Waals surface area contributed by atoms with Crippen LogP contribution in [0.15, 0.2) is 30.6 Å². The fourth-order valence-corrected chi connectivity index (χ4v) is 2.89. The van der Waals surface area contributed by atoms with E-state index in [1.807, 2.05) is 22.9 Å². The van der Waals surface area contributed by atoms with Crippen LogP contribution >= 0.6 is 0 Å². The van der Waals surface area contributed by atoms with Crippen LogP contribution in [0, 0.1) is 0 Å². The van der Waals surface area contributed by atoms with Gasteiger partial charge in [-0.15, -0.1) is 0 Å². The molecule has 0 radical (unpaired) electrons. The van der Waals surface area contributed by atoms with Crippen LogP contribution in [0.5, 0.6) is 0 Å². The molecule has 1 aliphatic heterocycles. The normalized spacial score (nSPS) is 19.5. The SMILES string of the molecule is CC(C)n1ncnc1CC(O)C1OCCc2ccccc21. The van der Waals surface area contributed by atoms with Gasteiger partial charge in [0.25, 0.3) is 0 Å². The number of nitrogens with zero attached hydrogens (tertiary/aromatic N) is 3. The number of rotatable bonds is 4. The highest BCUT2D eigenvalue weighted by molar-refractivity contribution is 5.31. The van der Waals surface area contributed by atoms with Crippen molar-refractivity contribution in [1.82, 2.24) is 14.8 Å². The van der Waals surface area contributed by atoms with Crippen molar-refractivity contribution >= 4 is 0 Å². The molecule has 0 spiro atoms. The lowest BCUT2D eigenvalue weighted by molar-refractivity contribution is -0.0471. The van der Waals surface area contributed by atoms with Crippen molar-refractivity contribution < 1.29 is 9.84 Å². The molecule has 1 N–H and O–H groups in total. The van der Waals surface area contributed by atoms with Gasteiger partial charge in [-0.3, -0.25) is 0 Å². The lowest BCUT2D eigenvalue weighted by Crippen LogP contribution is -2.29. The molecule has 2 heterocycles. The maximum Gasteiger partial charge on any atom is 0.138 e. The molecule has 5 heteroatoms. The zero-order valence-corrected chi connectivity index (χ0v) is 12.4. The Morgan fingerprint density at radius 3 is 3.00 bits per heavy atom. The van der Waals surface area contributed by atoms with Gasteiger partial charge in [0.2, 0.25) is 0 Å². The van der Waals surface area contributed by atoms with E-state index < -0.39 is 6.10 Å². The average molecular weight is 287 g/mol. The van der Waals surface area contributed by atoms with Crippen LogP contribution < -0.4 is 0 Å². The Balaban J connectivity index is 1.80. The van der Waals surface area contributed by atoms with Gasteiger partial charge in [0.15, 0.2) is 0 Å². The molecule has 2 atom stereocenters. The van der Waals surface area contributed by atoms with E-state index in [0.29, 0.717) is 13.0 Å². The number of fused-ring (bicyclic) bond motifs is 1. The molecule has 0 bridgehead atoms. The van der Waals surface area contributed by atoms with Gasteiger partial charge in [-0.05, 0) is 31.4 Å². The monoisotopic (exact) mass is 287 g/mol. The number of aliphatic hydroxyl groups excluding tert-OH is 1. The molecule has 0 amide bonds. The highest BCUT2D eigenvalue weighted by Crippen LogP contribution is 2.30. The zero-order valence-electron chi connectivity index (χ0n) is 12.4. The lowest BCUT2D eigenvalue weighted by atomic mass is 9.93. The van der Waals surface area contributed by atoms with Gasteiger partial charge < -0.3 is 9.84 Å². The minimum atomic E-state index is -0.617. The molecule has 3 rings (SSSR count). The number of hydrogen-bond acceptors (Lipinski definition) is 4. The van der Waals surface area contributed by atoms with Crippen molar-refractivity contribution in [1.29, 1.82) is 0 Å². The molecule has 0 saturated carbocycles. The molecule has 5 nitrogen and oxygen atoms in total. The summed E-state index contributed by atoms with van der Waals surface area (Å²) in [4.78, 5) is 4.26. The van der Waals surface area contributed by atoms with Crippen molar-refractivity contribution in [2.45, 2.75) is 44.9 Å². The Kier molecular flexibility index (Phi) is 4.03. The van der Waals surface area contributed by atoms with Crippen molar-refractivity contribution in [2.75, 3.05) is 6.61 Å². The van der Waals surface area contributed by atoms with Crippen LogP contribution in [0.3, 0.4) is 0 Å². The van der Waals surface area contributed by atoms with Gasteiger partial charge in [-0.25, -0.2) is 9.67 Å². The maximum absolute atomic E-state index is 10.6. The molecule has 2 unspecified atom stereocenters. The Morgan fingerprint density at radius 2 is 2.19 bits per heavy atom. The van der Waals surface area contributed by atoms with Crippen LogP contribution in [0.25, 0.3) is 0 Å². The predicted octanol–water partition coefficient (Wildman–Crippen LogP) is 2.08. The van der Waals surface area contributed by atoms with Crippen molar-refractivity contribution in [3.05, 3.63) is 47.5 Å². The summed E-state index contributed by atoms with van der Waals surface area (Å²) < 4.78 is 7.65. The van der Waals surface area contributed by atoms with Crippen molar-refractivity contribution in [2.24, 2.45) is 0 Å². The third-order valence-corrected chi connectivity index (χ3v) is 3.91. The first-order valence-electron chi connectivity index (χ1n) is 7.42. The minimum Gasteiger partial charge on any atom is -0.390 e. The smallest absolute Gasteiger partial charge is 0.138 e. The van der Waals surface area contributed by atoms with Gasteiger partial charge in [0.1, 0.15) is 18.3 Å². The summed E-state index contributed by atoms with van der Waals surface area (Å²) in [5, 5.41) is 14.8. The van der Waals surface area contributed by atoms with E-state index in [2.05, 4.69) is 30.0 Å². The lowest BCUT2D eigenvalue weighted by Gasteiger charge is -2.29. The fourth-order valence-electron chi connectivity index (χ4n) is 2.89. The Bertz CT molecular complexity index is 609. The molecule has 1 aromatic carbocycles. The summed E-state index contributed by atoms with van der Waals surface area (Å²) >= 11 is 0. The molecule has 0 saturated heterocycles. The van der Waals surface area contributed by atoms with E-state index >= 15 is 0 Å². The number of benzene rings is 1. The fraction of sp³-hybridized carbons (Fsp3) is 0.500. The van der Waals surface area contributed by atoms with E-state index in [9.17, 15) is 5.11 Å². The third kappa shape index (κ3) is 2.84. The van der Waals surface area contributed by atoms with E-state index in [0.717, 1.165) is 17.8 Å². The van der Waals surface area contributed by atoms with Gasteiger partial charge in [-0.2, -0.15) is 5.10 Å². The highest BCUT2D eigenvalue weighted by atomic mass is 16.5. The molecule has 0 aliphatic carbocycles. The molecule has 112 valence electrons. The van der Waals surface area contributed by atoms with E-state index in [1.165, 1.54) is 11.9 Å². The first-order chi connectivity index (χ1) is 10.2. The van der Waals surface area contributed by atoms with E-state index in [-0.39, 0.29) is 12.1 Å². The van der Waals surface area contributed by atoms with Gasteiger partial charge in [0.05, 0.1) is 12.7 Å². The maximum atomic E-state index is 10.6. The summed E-state index contributed by atoms with van der Waals surface area (Å²) in [6, 6.07) is 8.39. The second kappa shape index (κ2) is 5.95. The molecule has 1 aliphatic rings. The van der Waals surface area contributed by atoms with Gasteiger partial charge in [-0.1, -0.05) is 24.3 Å². The van der Waals surface area contributed by atoms with Crippen LogP contribution in [0.4, 0.5) is 0 Å². The van der Waals surface area contributed by atoms with Crippen LogP contribution in [-0.2, 0) is 17.6 Å². The number of aliphatic hydroxyl groups is 1. The quantitative estimate of drug-likeness (QED) is 0.935. The van der Waals surface area contributed by atoms with Gasteiger partial charge in [0, 0.05) is 12.5 Å². The standard InChI is InChI=1S/C16H21N3O2/c1-11(2)19-15(17-10-18-19)9-14(20)16-13-6-4-3-5-12(13)7-8-21-16/h3-6,10-11,14,16,20H,7-9H2,1-2H3. The third-order valence-electron chi connectivity index (χ3n) is 3.91. The molecule has 0 fully saturated rings. The molecular weight excluding hydrogens is 266 g/mol. The van der Waals surface area contributed by atoms with Crippen LogP contribution in [0.1, 0.15) is 42.9 Å². The van der Waals surface area contributed by atoms with E-state index in [4.69, 9.17) is 4.74 Å². The second-order valence-electron chi connectivity index (χ2n) is 5.73. The summed E-state index contributed by atoms with van der Waals surface area (Å²) in [7, 11) is 0. The molecule has 1 aromatic heterocycles. The highest BCUT2D eigenvalue weighted by Gasteiger charge is 2.28. The number of hydrogen-bond donors (Lipinski definition) is 1. The van der Waals surface area contributed by atoms with Crippen LogP contribution in [-0.4, -0.2) is 32.6 Å². The zero-order chi connectivity index (χ0) is 14.8. The summed E-state index contributed by atoms with van der Waals surface area (Å²) in [6.45, 7) is 4.75. The first kappa shape index (κ1) is 14.2.